The van der Waals surface area contributed by atoms with Crippen LogP contribution in [-0.4, -0.2) is 36.5 Å². The number of nitrogens with one attached hydrogen (secondary N) is 1. The number of piperidine rings is 1. The van der Waals surface area contributed by atoms with Gasteiger partial charge in [-0.3, -0.25) is 4.79 Å². The molecular weight excluding hydrogens is 176 g/mol. The van der Waals surface area contributed by atoms with Crippen molar-refractivity contribution >= 4 is 5.91 Å². The van der Waals surface area contributed by atoms with Gasteiger partial charge in [-0.15, -0.1) is 0 Å². The normalized spacial score (nSPS) is 36.7. The molecule has 2 rings (SSSR count). The van der Waals surface area contributed by atoms with Crippen molar-refractivity contribution in [2.75, 3.05) is 20.1 Å². The molecule has 80 valence electrons. The lowest BCUT2D eigenvalue weighted by Gasteiger charge is -2.22. The van der Waals surface area contributed by atoms with E-state index in [-0.39, 0.29) is 11.4 Å². The molecule has 0 radical (unpaired) electrons. The summed E-state index contributed by atoms with van der Waals surface area (Å²) in [6.07, 6.45) is 0. The van der Waals surface area contributed by atoms with E-state index in [0.717, 1.165) is 13.1 Å². The van der Waals surface area contributed by atoms with Crippen molar-refractivity contribution in [1.82, 2.24) is 10.2 Å². The molecule has 2 unspecified atom stereocenters. The van der Waals surface area contributed by atoms with Crippen molar-refractivity contribution < 1.29 is 4.79 Å². The summed E-state index contributed by atoms with van der Waals surface area (Å²) in [5.41, 5.74) is -0.0835. The van der Waals surface area contributed by atoms with Gasteiger partial charge >= 0.3 is 0 Å². The lowest BCUT2D eigenvalue weighted by molar-refractivity contribution is -0.124. The first kappa shape index (κ1) is 9.97. The Balaban J connectivity index is 1.86. The van der Waals surface area contributed by atoms with Gasteiger partial charge < -0.3 is 10.2 Å². The van der Waals surface area contributed by atoms with Crippen molar-refractivity contribution in [3.63, 3.8) is 0 Å². The van der Waals surface area contributed by atoms with E-state index in [1.54, 1.807) is 0 Å². The van der Waals surface area contributed by atoms with Crippen LogP contribution >= 0.6 is 0 Å². The average molecular weight is 196 g/mol. The predicted molar refractivity (Wildman–Crippen MR) is 55.9 cm³/mol. The SMILES string of the molecule is CN1CC2C(C1)C2C(=O)NC(C)(C)C. The van der Waals surface area contributed by atoms with Gasteiger partial charge in [0.25, 0.3) is 0 Å². The Morgan fingerprint density at radius 1 is 1.29 bits per heavy atom. The molecule has 1 aliphatic carbocycles. The van der Waals surface area contributed by atoms with Crippen molar-refractivity contribution in [1.29, 1.82) is 0 Å². The second-order valence-corrected chi connectivity index (χ2v) is 5.81. The van der Waals surface area contributed by atoms with E-state index in [1.165, 1.54) is 0 Å². The molecule has 0 aromatic carbocycles. The summed E-state index contributed by atoms with van der Waals surface area (Å²) in [6.45, 7) is 8.32. The van der Waals surface area contributed by atoms with Crippen LogP contribution in [0.2, 0.25) is 0 Å². The minimum absolute atomic E-state index is 0.0835. The standard InChI is InChI=1S/C11H20N2O/c1-11(2,3)12-10(14)9-7-5-13(4)6-8(7)9/h7-9H,5-6H2,1-4H3,(H,12,14). The zero-order chi connectivity index (χ0) is 10.5. The van der Waals surface area contributed by atoms with E-state index in [9.17, 15) is 4.79 Å². The van der Waals surface area contributed by atoms with Crippen molar-refractivity contribution in [3.8, 4) is 0 Å². The van der Waals surface area contributed by atoms with Gasteiger partial charge in [0.05, 0.1) is 0 Å². The van der Waals surface area contributed by atoms with E-state index in [2.05, 4.69) is 17.3 Å². The Labute approximate surface area is 85.8 Å². The van der Waals surface area contributed by atoms with E-state index < -0.39 is 0 Å². The Morgan fingerprint density at radius 3 is 2.21 bits per heavy atom. The number of hydrogen-bond acceptors (Lipinski definition) is 2. The molecule has 1 N–H and O–H groups in total. The van der Waals surface area contributed by atoms with Crippen LogP contribution in [0, 0.1) is 17.8 Å². The van der Waals surface area contributed by atoms with Crippen LogP contribution < -0.4 is 5.32 Å². The van der Waals surface area contributed by atoms with Crippen LogP contribution in [0.15, 0.2) is 0 Å². The Bertz CT molecular complexity index is 245. The average Bonchev–Trinajstić information content (AvgIpc) is 2.47. The van der Waals surface area contributed by atoms with Crippen LogP contribution in [0.4, 0.5) is 0 Å². The highest BCUT2D eigenvalue weighted by Gasteiger charge is 2.58. The molecule has 0 aromatic heterocycles. The number of amides is 1. The molecule has 14 heavy (non-hydrogen) atoms. The zero-order valence-electron chi connectivity index (χ0n) is 9.50. The van der Waals surface area contributed by atoms with Crippen molar-refractivity contribution in [3.05, 3.63) is 0 Å². The first-order valence-electron chi connectivity index (χ1n) is 5.39. The maximum Gasteiger partial charge on any atom is 0.224 e. The summed E-state index contributed by atoms with van der Waals surface area (Å²) >= 11 is 0. The fourth-order valence-electron chi connectivity index (χ4n) is 2.58. The molecule has 1 heterocycles. The van der Waals surface area contributed by atoms with Crippen molar-refractivity contribution in [2.45, 2.75) is 26.3 Å². The maximum atomic E-state index is 11.8. The largest absolute Gasteiger partial charge is 0.351 e. The highest BCUT2D eigenvalue weighted by molar-refractivity contribution is 5.83. The number of rotatable bonds is 1. The lowest BCUT2D eigenvalue weighted by atomic mass is 10.1. The summed E-state index contributed by atoms with van der Waals surface area (Å²) in [7, 11) is 2.13. The highest BCUT2D eigenvalue weighted by atomic mass is 16.2. The molecular formula is C11H20N2O. The van der Waals surface area contributed by atoms with Gasteiger partial charge in [0.1, 0.15) is 0 Å². The number of nitrogens with zero attached hydrogens (tertiary/aromatic N) is 1. The highest BCUT2D eigenvalue weighted by Crippen LogP contribution is 2.51. The minimum atomic E-state index is -0.0835. The molecule has 1 saturated carbocycles. The van der Waals surface area contributed by atoms with Crippen LogP contribution in [0.3, 0.4) is 0 Å². The van der Waals surface area contributed by atoms with E-state index >= 15 is 0 Å². The third-order valence-electron chi connectivity index (χ3n) is 3.18. The summed E-state index contributed by atoms with van der Waals surface area (Å²) in [5.74, 6) is 1.86. The lowest BCUT2D eigenvalue weighted by Crippen LogP contribution is -2.42. The molecule has 0 bridgehead atoms. The zero-order valence-corrected chi connectivity index (χ0v) is 9.50. The maximum absolute atomic E-state index is 11.8. The van der Waals surface area contributed by atoms with Gasteiger partial charge in [0, 0.05) is 24.5 Å². The van der Waals surface area contributed by atoms with Gasteiger partial charge in [-0.05, 0) is 39.7 Å². The molecule has 1 amide bonds. The minimum Gasteiger partial charge on any atom is -0.351 e. The number of hydrogen-bond donors (Lipinski definition) is 1. The van der Waals surface area contributed by atoms with E-state index in [0.29, 0.717) is 17.8 Å². The molecule has 1 aliphatic heterocycles. The third kappa shape index (κ3) is 1.78. The summed E-state index contributed by atoms with van der Waals surface area (Å²) in [6, 6.07) is 0. The van der Waals surface area contributed by atoms with Crippen LogP contribution in [0.5, 0.6) is 0 Å². The Morgan fingerprint density at radius 2 is 1.79 bits per heavy atom. The predicted octanol–water partition coefficient (Wildman–Crippen LogP) is 0.709. The molecule has 0 spiro atoms. The number of carbonyl (C=O) groups is 1. The van der Waals surface area contributed by atoms with Gasteiger partial charge in [0.2, 0.25) is 5.91 Å². The molecule has 2 aliphatic rings. The van der Waals surface area contributed by atoms with Gasteiger partial charge in [0.15, 0.2) is 0 Å². The second-order valence-electron chi connectivity index (χ2n) is 5.81. The van der Waals surface area contributed by atoms with Crippen molar-refractivity contribution in [2.24, 2.45) is 17.8 Å². The van der Waals surface area contributed by atoms with Crippen LogP contribution in [-0.2, 0) is 4.79 Å². The number of likely N-dealkylation sites (tertiary alicyclic amines) is 1. The molecule has 3 nitrogen and oxygen atoms in total. The van der Waals surface area contributed by atoms with E-state index in [4.69, 9.17) is 0 Å². The third-order valence-corrected chi connectivity index (χ3v) is 3.18. The summed E-state index contributed by atoms with van der Waals surface area (Å²) < 4.78 is 0. The van der Waals surface area contributed by atoms with Gasteiger partial charge in [-0.2, -0.15) is 0 Å². The van der Waals surface area contributed by atoms with Crippen LogP contribution in [0.25, 0.3) is 0 Å². The Kier molecular flexibility index (Phi) is 2.11. The van der Waals surface area contributed by atoms with Gasteiger partial charge in [-0.25, -0.2) is 0 Å². The number of carbonyl (C=O) groups excluding carboxylic acids is 1. The van der Waals surface area contributed by atoms with Gasteiger partial charge in [-0.1, -0.05) is 0 Å². The fourth-order valence-corrected chi connectivity index (χ4v) is 2.58. The van der Waals surface area contributed by atoms with E-state index in [1.807, 2.05) is 20.8 Å². The first-order valence-corrected chi connectivity index (χ1v) is 5.39. The number of fused-ring (bicyclic) bond motifs is 1. The Hall–Kier alpha value is -0.570. The monoisotopic (exact) mass is 196 g/mol. The molecule has 2 atom stereocenters. The van der Waals surface area contributed by atoms with Crippen LogP contribution in [0.1, 0.15) is 20.8 Å². The first-order chi connectivity index (χ1) is 6.38. The topological polar surface area (TPSA) is 32.3 Å². The summed E-state index contributed by atoms with van der Waals surface area (Å²) in [4.78, 5) is 14.1. The molecule has 3 heteroatoms. The molecule has 1 saturated heterocycles. The second kappa shape index (κ2) is 2.96. The molecule has 0 aromatic rings. The molecule has 2 fully saturated rings. The smallest absolute Gasteiger partial charge is 0.224 e. The quantitative estimate of drug-likeness (QED) is 0.670. The summed E-state index contributed by atoms with van der Waals surface area (Å²) in [5, 5.41) is 3.07. The fraction of sp³-hybridized carbons (Fsp3) is 0.909.